The fourth-order valence-electron chi connectivity index (χ4n) is 1.55. The van der Waals surface area contributed by atoms with E-state index in [1.807, 2.05) is 6.07 Å². The van der Waals surface area contributed by atoms with Crippen LogP contribution in [0.4, 0.5) is 5.69 Å². The maximum atomic E-state index is 10.9. The van der Waals surface area contributed by atoms with E-state index in [1.165, 1.54) is 6.20 Å². The number of benzene rings is 1. The van der Waals surface area contributed by atoms with Gasteiger partial charge in [0.1, 0.15) is 11.6 Å². The van der Waals surface area contributed by atoms with Gasteiger partial charge in [-0.3, -0.25) is 4.79 Å². The topological polar surface area (TPSA) is 133 Å². The monoisotopic (exact) mass is 269 g/mol. The summed E-state index contributed by atoms with van der Waals surface area (Å²) in [6, 6.07) is 9.11. The van der Waals surface area contributed by atoms with Gasteiger partial charge in [0.25, 0.3) is 0 Å². The average molecular weight is 269 g/mol. The number of hydrogen-bond acceptors (Lipinski definition) is 6. The summed E-state index contributed by atoms with van der Waals surface area (Å²) in [4.78, 5) is 10.9. The molecule has 4 N–H and O–H groups in total. The number of hydrogen-bond donors (Lipinski definition) is 3. The Hall–Kier alpha value is -3.21. The predicted octanol–water partition coefficient (Wildman–Crippen LogP) is 0.204. The Morgan fingerprint density at radius 2 is 2.40 bits per heavy atom. The second-order valence-corrected chi connectivity index (χ2v) is 3.89. The highest BCUT2D eigenvalue weighted by atomic mass is 16.1. The number of tetrazole rings is 1. The number of nitrogens with two attached hydrogens (primary N) is 1. The lowest BCUT2D eigenvalue weighted by Crippen LogP contribution is -2.13. The van der Waals surface area contributed by atoms with E-state index in [9.17, 15) is 4.79 Å². The van der Waals surface area contributed by atoms with Crippen molar-refractivity contribution in [2.45, 2.75) is 6.42 Å². The number of primary amides is 1. The van der Waals surface area contributed by atoms with Crippen LogP contribution in [-0.4, -0.2) is 26.5 Å². The summed E-state index contributed by atoms with van der Waals surface area (Å²) in [7, 11) is 0. The van der Waals surface area contributed by atoms with Crippen LogP contribution in [0.5, 0.6) is 0 Å². The Labute approximate surface area is 114 Å². The summed E-state index contributed by atoms with van der Waals surface area (Å²) in [5.41, 5.74) is 6.88. The Morgan fingerprint density at radius 3 is 3.05 bits per heavy atom. The van der Waals surface area contributed by atoms with Crippen molar-refractivity contribution in [1.29, 1.82) is 5.26 Å². The number of allylic oxidation sites excluding steroid dienone is 1. The summed E-state index contributed by atoms with van der Waals surface area (Å²) >= 11 is 0. The van der Waals surface area contributed by atoms with Crippen LogP contribution in [-0.2, 0) is 11.2 Å². The first-order valence-electron chi connectivity index (χ1n) is 5.67. The maximum absolute atomic E-state index is 10.9. The molecule has 1 heterocycles. The van der Waals surface area contributed by atoms with Gasteiger partial charge in [0.2, 0.25) is 11.7 Å². The molecular weight excluding hydrogens is 258 g/mol. The van der Waals surface area contributed by atoms with Gasteiger partial charge in [-0.25, -0.2) is 0 Å². The number of rotatable bonds is 5. The van der Waals surface area contributed by atoms with Crippen LogP contribution >= 0.6 is 0 Å². The Kier molecular flexibility index (Phi) is 4.04. The van der Waals surface area contributed by atoms with E-state index in [0.717, 1.165) is 11.3 Å². The molecule has 8 heteroatoms. The highest BCUT2D eigenvalue weighted by Gasteiger charge is 2.05. The summed E-state index contributed by atoms with van der Waals surface area (Å²) in [5, 5.41) is 25.0. The molecule has 1 amide bonds. The van der Waals surface area contributed by atoms with Crippen LogP contribution in [0.15, 0.2) is 30.5 Å². The standard InChI is InChI=1S/C12H11N7O/c13-6-9(12-16-18-19-17-12)7-15-10-3-1-2-8(4-10)5-11(14)20/h1-4,7,15H,5H2,(H2,14,20)(H,16,17,18,19). The number of H-pyrrole nitrogens is 1. The lowest BCUT2D eigenvalue weighted by Gasteiger charge is -2.03. The first-order valence-corrected chi connectivity index (χ1v) is 5.67. The molecule has 0 atom stereocenters. The minimum absolute atomic E-state index is 0.162. The minimum Gasteiger partial charge on any atom is -0.369 e. The number of anilines is 1. The number of carbonyl (C=O) groups is 1. The van der Waals surface area contributed by atoms with Gasteiger partial charge in [0.05, 0.1) is 6.42 Å². The van der Waals surface area contributed by atoms with E-state index in [-0.39, 0.29) is 17.8 Å². The van der Waals surface area contributed by atoms with Crippen LogP contribution in [0, 0.1) is 11.3 Å². The zero-order valence-electron chi connectivity index (χ0n) is 10.4. The van der Waals surface area contributed by atoms with E-state index < -0.39 is 5.91 Å². The van der Waals surface area contributed by atoms with Crippen molar-refractivity contribution in [3.05, 3.63) is 41.9 Å². The van der Waals surface area contributed by atoms with Gasteiger partial charge in [-0.2, -0.15) is 10.5 Å². The molecule has 0 radical (unpaired) electrons. The molecular formula is C12H11N7O. The second-order valence-electron chi connectivity index (χ2n) is 3.89. The average Bonchev–Trinajstić information content (AvgIpc) is 2.93. The third-order valence-corrected chi connectivity index (χ3v) is 2.40. The van der Waals surface area contributed by atoms with Gasteiger partial charge in [0, 0.05) is 11.9 Å². The molecule has 0 aliphatic carbocycles. The lowest BCUT2D eigenvalue weighted by atomic mass is 10.1. The van der Waals surface area contributed by atoms with Crippen LogP contribution in [0.3, 0.4) is 0 Å². The quantitative estimate of drug-likeness (QED) is 0.664. The number of nitriles is 1. The highest BCUT2D eigenvalue weighted by molar-refractivity contribution is 5.77. The van der Waals surface area contributed by atoms with Crippen molar-refractivity contribution in [2.75, 3.05) is 5.32 Å². The van der Waals surface area contributed by atoms with E-state index in [0.29, 0.717) is 0 Å². The van der Waals surface area contributed by atoms with Crippen LogP contribution in [0.1, 0.15) is 11.4 Å². The fraction of sp³-hybridized carbons (Fsp3) is 0.0833. The Balaban J connectivity index is 2.14. The largest absolute Gasteiger partial charge is 0.369 e. The number of aromatic nitrogens is 4. The number of nitrogens with one attached hydrogen (secondary N) is 2. The Bertz CT molecular complexity index is 669. The lowest BCUT2D eigenvalue weighted by molar-refractivity contribution is -0.117. The molecule has 0 aliphatic rings. The van der Waals surface area contributed by atoms with E-state index in [1.54, 1.807) is 24.3 Å². The van der Waals surface area contributed by atoms with Gasteiger partial charge in [0.15, 0.2) is 0 Å². The van der Waals surface area contributed by atoms with Gasteiger partial charge in [-0.05, 0) is 22.9 Å². The zero-order valence-corrected chi connectivity index (χ0v) is 10.4. The van der Waals surface area contributed by atoms with E-state index in [2.05, 4.69) is 25.9 Å². The van der Waals surface area contributed by atoms with Gasteiger partial charge >= 0.3 is 0 Å². The molecule has 2 aromatic rings. The van der Waals surface area contributed by atoms with Crippen molar-refractivity contribution >= 4 is 17.2 Å². The van der Waals surface area contributed by atoms with Gasteiger partial charge in [-0.15, -0.1) is 10.2 Å². The molecule has 0 bridgehead atoms. The molecule has 20 heavy (non-hydrogen) atoms. The molecule has 0 aliphatic heterocycles. The summed E-state index contributed by atoms with van der Waals surface area (Å²) < 4.78 is 0. The van der Waals surface area contributed by atoms with Gasteiger partial charge < -0.3 is 11.1 Å². The number of aromatic amines is 1. The highest BCUT2D eigenvalue weighted by Crippen LogP contribution is 2.13. The van der Waals surface area contributed by atoms with Crippen LogP contribution in [0.2, 0.25) is 0 Å². The van der Waals surface area contributed by atoms with Crippen molar-refractivity contribution in [1.82, 2.24) is 20.6 Å². The van der Waals surface area contributed by atoms with Crippen molar-refractivity contribution < 1.29 is 4.79 Å². The SMILES string of the molecule is N#CC(=CNc1cccc(CC(N)=O)c1)c1nn[nH]n1. The summed E-state index contributed by atoms with van der Waals surface area (Å²) in [6.07, 6.45) is 1.63. The number of nitrogens with zero attached hydrogens (tertiary/aromatic N) is 4. The van der Waals surface area contributed by atoms with E-state index in [4.69, 9.17) is 11.0 Å². The minimum atomic E-state index is -0.401. The number of amides is 1. The van der Waals surface area contributed by atoms with Crippen molar-refractivity contribution in [3.8, 4) is 6.07 Å². The summed E-state index contributed by atoms with van der Waals surface area (Å²) in [6.45, 7) is 0. The second kappa shape index (κ2) is 6.10. The van der Waals surface area contributed by atoms with Crippen molar-refractivity contribution in [3.63, 3.8) is 0 Å². The first kappa shape index (κ1) is 13.2. The van der Waals surface area contributed by atoms with Crippen LogP contribution in [0.25, 0.3) is 5.57 Å². The smallest absolute Gasteiger partial charge is 0.221 e. The third-order valence-electron chi connectivity index (χ3n) is 2.40. The fourth-order valence-corrected chi connectivity index (χ4v) is 1.55. The molecule has 2 rings (SSSR count). The van der Waals surface area contributed by atoms with Gasteiger partial charge in [-0.1, -0.05) is 12.1 Å². The van der Waals surface area contributed by atoms with Crippen molar-refractivity contribution in [2.24, 2.45) is 5.73 Å². The molecule has 0 unspecified atom stereocenters. The molecule has 0 saturated heterocycles. The first-order chi connectivity index (χ1) is 9.69. The molecule has 0 spiro atoms. The van der Waals surface area contributed by atoms with Crippen LogP contribution < -0.4 is 11.1 Å². The normalized spacial score (nSPS) is 10.8. The van der Waals surface area contributed by atoms with E-state index >= 15 is 0 Å². The zero-order chi connectivity index (χ0) is 14.4. The Morgan fingerprint density at radius 1 is 1.55 bits per heavy atom. The summed E-state index contributed by atoms with van der Waals surface area (Å²) in [5.74, 6) is -0.199. The molecule has 0 saturated carbocycles. The number of carbonyl (C=O) groups excluding carboxylic acids is 1. The molecule has 1 aromatic heterocycles. The maximum Gasteiger partial charge on any atom is 0.221 e. The third kappa shape index (κ3) is 3.39. The molecule has 0 fully saturated rings. The predicted molar refractivity (Wildman–Crippen MR) is 70.7 cm³/mol. The molecule has 1 aromatic carbocycles. The molecule has 100 valence electrons. The molecule has 8 nitrogen and oxygen atoms in total.